The van der Waals surface area contributed by atoms with Gasteiger partial charge in [0.05, 0.1) is 5.92 Å². The van der Waals surface area contributed by atoms with Crippen LogP contribution in [0.2, 0.25) is 0 Å². The van der Waals surface area contributed by atoms with Crippen LogP contribution in [-0.4, -0.2) is 37.5 Å². The van der Waals surface area contributed by atoms with Gasteiger partial charge in [0.2, 0.25) is 5.91 Å². The topological polar surface area (TPSA) is 32.3 Å². The molecule has 0 aliphatic carbocycles. The first-order valence-corrected chi connectivity index (χ1v) is 6.18. The van der Waals surface area contributed by atoms with Crippen LogP contribution in [0.15, 0.2) is 24.3 Å². The summed E-state index contributed by atoms with van der Waals surface area (Å²) in [6, 6.07) is 8.47. The number of benzene rings is 1. The molecule has 1 aromatic rings. The molecule has 0 atom stereocenters. The van der Waals surface area contributed by atoms with Gasteiger partial charge in [-0.25, -0.2) is 0 Å². The minimum absolute atomic E-state index is 0.206. The van der Waals surface area contributed by atoms with Gasteiger partial charge in [-0.3, -0.25) is 4.79 Å². The summed E-state index contributed by atoms with van der Waals surface area (Å²) in [5, 5.41) is 3.13. The van der Waals surface area contributed by atoms with Crippen LogP contribution < -0.4 is 5.32 Å². The fraction of sp³-hybridized carbons (Fsp3) is 0.500. The standard InChI is InChI=1S/C14H20N2O/c1-11-4-3-5-12(8-11)6-7-16(2)14(17)13-9-15-10-13/h3-5,8,13,15H,6-7,9-10H2,1-2H3. The third kappa shape index (κ3) is 3.07. The van der Waals surface area contributed by atoms with Crippen molar-refractivity contribution in [1.82, 2.24) is 10.2 Å². The SMILES string of the molecule is Cc1cccc(CCN(C)C(=O)C2CNC2)c1. The molecule has 1 aromatic carbocycles. The van der Waals surface area contributed by atoms with Crippen molar-refractivity contribution in [1.29, 1.82) is 0 Å². The zero-order valence-electron chi connectivity index (χ0n) is 10.6. The van der Waals surface area contributed by atoms with Crippen molar-refractivity contribution < 1.29 is 4.79 Å². The lowest BCUT2D eigenvalue weighted by atomic mass is 10.0. The highest BCUT2D eigenvalue weighted by molar-refractivity contribution is 5.79. The van der Waals surface area contributed by atoms with Crippen LogP contribution in [0.5, 0.6) is 0 Å². The number of amides is 1. The van der Waals surface area contributed by atoms with Crippen molar-refractivity contribution in [2.45, 2.75) is 13.3 Å². The maximum atomic E-state index is 11.9. The van der Waals surface area contributed by atoms with Gasteiger partial charge in [-0.2, -0.15) is 0 Å². The Morgan fingerprint density at radius 3 is 2.82 bits per heavy atom. The van der Waals surface area contributed by atoms with Crippen molar-refractivity contribution >= 4 is 5.91 Å². The van der Waals surface area contributed by atoms with E-state index >= 15 is 0 Å². The van der Waals surface area contributed by atoms with Crippen molar-refractivity contribution in [3.63, 3.8) is 0 Å². The van der Waals surface area contributed by atoms with Gasteiger partial charge in [0.25, 0.3) is 0 Å². The van der Waals surface area contributed by atoms with Crippen molar-refractivity contribution in [3.8, 4) is 0 Å². The number of carbonyl (C=O) groups excluding carboxylic acids is 1. The second kappa shape index (κ2) is 5.32. The molecule has 1 heterocycles. The monoisotopic (exact) mass is 232 g/mol. The summed E-state index contributed by atoms with van der Waals surface area (Å²) < 4.78 is 0. The van der Waals surface area contributed by atoms with E-state index in [-0.39, 0.29) is 11.8 Å². The van der Waals surface area contributed by atoms with E-state index in [1.807, 2.05) is 11.9 Å². The Morgan fingerprint density at radius 2 is 2.24 bits per heavy atom. The third-order valence-electron chi connectivity index (χ3n) is 3.33. The highest BCUT2D eigenvalue weighted by atomic mass is 16.2. The summed E-state index contributed by atoms with van der Waals surface area (Å²) in [6.07, 6.45) is 0.935. The summed E-state index contributed by atoms with van der Waals surface area (Å²) in [7, 11) is 1.90. The molecule has 1 fully saturated rings. The summed E-state index contributed by atoms with van der Waals surface area (Å²) in [6.45, 7) is 4.58. The summed E-state index contributed by atoms with van der Waals surface area (Å²) in [5.74, 6) is 0.480. The zero-order chi connectivity index (χ0) is 12.3. The van der Waals surface area contributed by atoms with E-state index in [1.165, 1.54) is 11.1 Å². The lowest BCUT2D eigenvalue weighted by Crippen LogP contribution is -2.51. The fourth-order valence-electron chi connectivity index (χ4n) is 2.05. The molecule has 0 spiro atoms. The maximum absolute atomic E-state index is 11.9. The minimum Gasteiger partial charge on any atom is -0.345 e. The maximum Gasteiger partial charge on any atom is 0.228 e. The van der Waals surface area contributed by atoms with Gasteiger partial charge in [-0.1, -0.05) is 29.8 Å². The average Bonchev–Trinajstić information content (AvgIpc) is 2.23. The van der Waals surface area contributed by atoms with Crippen molar-refractivity contribution in [3.05, 3.63) is 35.4 Å². The van der Waals surface area contributed by atoms with Crippen LogP contribution in [0.4, 0.5) is 0 Å². The van der Waals surface area contributed by atoms with E-state index < -0.39 is 0 Å². The molecule has 0 bridgehead atoms. The van der Waals surface area contributed by atoms with Crippen LogP contribution in [0.1, 0.15) is 11.1 Å². The number of nitrogens with zero attached hydrogens (tertiary/aromatic N) is 1. The van der Waals surface area contributed by atoms with Crippen LogP contribution in [0.25, 0.3) is 0 Å². The molecule has 1 amide bonds. The Morgan fingerprint density at radius 1 is 1.47 bits per heavy atom. The fourth-order valence-corrected chi connectivity index (χ4v) is 2.05. The largest absolute Gasteiger partial charge is 0.345 e. The molecule has 1 aliphatic rings. The first-order chi connectivity index (χ1) is 8.16. The molecule has 17 heavy (non-hydrogen) atoms. The lowest BCUT2D eigenvalue weighted by molar-refractivity contribution is -0.135. The smallest absolute Gasteiger partial charge is 0.228 e. The predicted octanol–water partition coefficient (Wildman–Crippen LogP) is 1.22. The molecule has 1 aliphatic heterocycles. The molecule has 2 rings (SSSR count). The van der Waals surface area contributed by atoms with Crippen LogP contribution >= 0.6 is 0 Å². The van der Waals surface area contributed by atoms with Gasteiger partial charge in [-0.15, -0.1) is 0 Å². The highest BCUT2D eigenvalue weighted by Crippen LogP contribution is 2.09. The molecular weight excluding hydrogens is 212 g/mol. The Labute approximate surface area is 103 Å². The molecule has 92 valence electrons. The molecular formula is C14H20N2O. The lowest BCUT2D eigenvalue weighted by Gasteiger charge is -2.30. The molecule has 3 nitrogen and oxygen atoms in total. The molecule has 3 heteroatoms. The first-order valence-electron chi connectivity index (χ1n) is 6.18. The summed E-state index contributed by atoms with van der Waals surface area (Å²) in [5.41, 5.74) is 2.58. The summed E-state index contributed by atoms with van der Waals surface area (Å²) >= 11 is 0. The van der Waals surface area contributed by atoms with Crippen LogP contribution in [-0.2, 0) is 11.2 Å². The second-order valence-electron chi connectivity index (χ2n) is 4.85. The summed E-state index contributed by atoms with van der Waals surface area (Å²) in [4.78, 5) is 13.8. The van der Waals surface area contributed by atoms with Crippen molar-refractivity contribution in [2.75, 3.05) is 26.7 Å². The number of rotatable bonds is 4. The molecule has 0 radical (unpaired) electrons. The van der Waals surface area contributed by atoms with E-state index in [1.54, 1.807) is 0 Å². The van der Waals surface area contributed by atoms with E-state index in [2.05, 4.69) is 36.5 Å². The Hall–Kier alpha value is -1.35. The number of nitrogens with one attached hydrogen (secondary N) is 1. The predicted molar refractivity (Wildman–Crippen MR) is 68.9 cm³/mol. The van der Waals surface area contributed by atoms with E-state index in [4.69, 9.17) is 0 Å². The molecule has 0 saturated carbocycles. The van der Waals surface area contributed by atoms with E-state index in [9.17, 15) is 4.79 Å². The van der Waals surface area contributed by atoms with Crippen LogP contribution in [0, 0.1) is 12.8 Å². The van der Waals surface area contributed by atoms with Gasteiger partial charge in [0, 0.05) is 26.7 Å². The van der Waals surface area contributed by atoms with Crippen molar-refractivity contribution in [2.24, 2.45) is 5.92 Å². The zero-order valence-corrected chi connectivity index (χ0v) is 10.6. The molecule has 0 unspecified atom stereocenters. The molecule has 1 saturated heterocycles. The van der Waals surface area contributed by atoms with Gasteiger partial charge in [0.1, 0.15) is 0 Å². The Balaban J connectivity index is 1.83. The average molecular weight is 232 g/mol. The van der Waals surface area contributed by atoms with Gasteiger partial charge >= 0.3 is 0 Å². The second-order valence-corrected chi connectivity index (χ2v) is 4.85. The first kappa shape index (κ1) is 12.1. The number of aryl methyl sites for hydroxylation is 1. The third-order valence-corrected chi connectivity index (χ3v) is 3.33. The normalized spacial score (nSPS) is 15.4. The van der Waals surface area contributed by atoms with Gasteiger partial charge in [-0.05, 0) is 18.9 Å². The number of carbonyl (C=O) groups is 1. The van der Waals surface area contributed by atoms with Gasteiger partial charge < -0.3 is 10.2 Å². The Kier molecular flexibility index (Phi) is 3.79. The van der Waals surface area contributed by atoms with Crippen LogP contribution in [0.3, 0.4) is 0 Å². The van der Waals surface area contributed by atoms with Gasteiger partial charge in [0.15, 0.2) is 0 Å². The van der Waals surface area contributed by atoms with E-state index in [0.717, 1.165) is 26.1 Å². The Bertz CT molecular complexity index is 399. The number of likely N-dealkylation sites (N-methyl/N-ethyl adjacent to an activating group) is 1. The molecule has 1 N–H and O–H groups in total. The molecule has 0 aromatic heterocycles. The number of hydrogen-bond acceptors (Lipinski definition) is 2. The van der Waals surface area contributed by atoms with E-state index in [0.29, 0.717) is 0 Å². The number of hydrogen-bond donors (Lipinski definition) is 1. The minimum atomic E-state index is 0.206. The highest BCUT2D eigenvalue weighted by Gasteiger charge is 2.27. The quantitative estimate of drug-likeness (QED) is 0.846.